The summed E-state index contributed by atoms with van der Waals surface area (Å²) in [5.74, 6) is -1.37. The number of hydrogen-bond acceptors (Lipinski definition) is 8. The van der Waals surface area contributed by atoms with Gasteiger partial charge in [-0.1, -0.05) is 119 Å². The quantitative estimate of drug-likeness (QED) is 0.0571. The van der Waals surface area contributed by atoms with Gasteiger partial charge in [0, 0.05) is 19.0 Å². The van der Waals surface area contributed by atoms with Gasteiger partial charge in [0.1, 0.15) is 17.7 Å². The molecular weight excluding hydrogens is 773 g/mol. The van der Waals surface area contributed by atoms with Crippen LogP contribution in [-0.2, 0) is 43.2 Å². The van der Waals surface area contributed by atoms with Crippen LogP contribution < -0.4 is 21.3 Å². The second-order valence-corrected chi connectivity index (χ2v) is 17.4. The van der Waals surface area contributed by atoms with Gasteiger partial charge in [-0.25, -0.2) is 9.78 Å². The first kappa shape index (κ1) is 47.9. The van der Waals surface area contributed by atoms with Crippen LogP contribution in [0.15, 0.2) is 104 Å². The molecule has 61 heavy (non-hydrogen) atoms. The lowest BCUT2D eigenvalue weighted by atomic mass is 9.83. The highest BCUT2D eigenvalue weighted by Gasteiger charge is 2.34. The lowest BCUT2D eigenvalue weighted by molar-refractivity contribution is -0.132. The second-order valence-electron chi connectivity index (χ2n) is 17.4. The molecule has 0 aliphatic rings. The number of aromatic nitrogens is 2. The fourth-order valence-electron chi connectivity index (χ4n) is 6.97. The van der Waals surface area contributed by atoms with Crippen LogP contribution in [0.25, 0.3) is 0 Å². The third-order valence-corrected chi connectivity index (χ3v) is 9.81. The molecule has 4 amide bonds. The molecule has 0 aliphatic heterocycles. The van der Waals surface area contributed by atoms with E-state index in [-0.39, 0.29) is 30.5 Å². The van der Waals surface area contributed by atoms with Crippen molar-refractivity contribution < 1.29 is 33.8 Å². The maximum Gasteiger partial charge on any atom is 0.408 e. The molecular formula is C48H63N6O7. The Morgan fingerprint density at radius 1 is 0.689 bits per heavy atom. The number of nitrogens with one attached hydrogen (secondary N) is 5. The van der Waals surface area contributed by atoms with Crippen molar-refractivity contribution >= 4 is 29.6 Å². The van der Waals surface area contributed by atoms with Gasteiger partial charge in [-0.05, 0) is 68.6 Å². The van der Waals surface area contributed by atoms with Crippen molar-refractivity contribution in [1.82, 2.24) is 31.2 Å². The average molecular weight is 836 g/mol. The summed E-state index contributed by atoms with van der Waals surface area (Å²) < 4.78 is 5.45. The van der Waals surface area contributed by atoms with Crippen molar-refractivity contribution in [3.8, 4) is 0 Å². The largest absolute Gasteiger partial charge is 0.444 e. The van der Waals surface area contributed by atoms with Crippen LogP contribution in [0.1, 0.15) is 90.1 Å². The molecule has 0 bridgehead atoms. The van der Waals surface area contributed by atoms with Crippen LogP contribution in [0.5, 0.6) is 0 Å². The molecule has 0 saturated carbocycles. The van der Waals surface area contributed by atoms with E-state index in [1.165, 1.54) is 6.33 Å². The minimum atomic E-state index is -1.34. The molecule has 1 heterocycles. The van der Waals surface area contributed by atoms with Crippen molar-refractivity contribution in [2.75, 3.05) is 0 Å². The number of aliphatic hydroxyl groups excluding tert-OH is 1. The molecule has 5 atom stereocenters. The van der Waals surface area contributed by atoms with E-state index >= 15 is 0 Å². The summed E-state index contributed by atoms with van der Waals surface area (Å²) in [6.07, 6.45) is 1.68. The van der Waals surface area contributed by atoms with Crippen molar-refractivity contribution in [3.63, 3.8) is 0 Å². The van der Waals surface area contributed by atoms with Crippen LogP contribution >= 0.6 is 0 Å². The molecule has 0 spiro atoms. The number of ketones is 1. The molecule has 1 aromatic heterocycles. The van der Waals surface area contributed by atoms with Crippen molar-refractivity contribution in [1.29, 1.82) is 0 Å². The zero-order valence-corrected chi connectivity index (χ0v) is 36.4. The van der Waals surface area contributed by atoms with Gasteiger partial charge in [0.05, 0.1) is 42.5 Å². The van der Waals surface area contributed by atoms with Crippen LogP contribution in [-0.4, -0.2) is 80.5 Å². The van der Waals surface area contributed by atoms with Crippen molar-refractivity contribution in [3.05, 3.63) is 132 Å². The van der Waals surface area contributed by atoms with E-state index in [0.717, 1.165) is 16.7 Å². The number of aliphatic hydroxyl groups is 1. The van der Waals surface area contributed by atoms with Crippen LogP contribution in [0.4, 0.5) is 4.79 Å². The molecule has 13 nitrogen and oxygen atoms in total. The molecule has 4 rings (SSSR count). The summed E-state index contributed by atoms with van der Waals surface area (Å²) in [6, 6.07) is 24.1. The van der Waals surface area contributed by atoms with Crippen molar-refractivity contribution in [2.45, 2.75) is 123 Å². The highest BCUT2D eigenvalue weighted by Crippen LogP contribution is 2.25. The predicted octanol–water partition coefficient (Wildman–Crippen LogP) is 5.82. The Morgan fingerprint density at radius 2 is 1.25 bits per heavy atom. The first-order chi connectivity index (χ1) is 29.0. The lowest BCUT2D eigenvalue weighted by Crippen LogP contribution is -2.58. The third-order valence-electron chi connectivity index (χ3n) is 9.81. The van der Waals surface area contributed by atoms with E-state index in [4.69, 9.17) is 4.74 Å². The molecule has 0 aliphatic carbocycles. The Labute approximate surface area is 360 Å². The van der Waals surface area contributed by atoms with E-state index < -0.39 is 66.1 Å². The fourth-order valence-corrected chi connectivity index (χ4v) is 6.97. The molecule has 0 saturated heterocycles. The van der Waals surface area contributed by atoms with Crippen LogP contribution in [0, 0.1) is 17.8 Å². The number of imidazole rings is 1. The monoisotopic (exact) mass is 835 g/mol. The number of benzene rings is 3. The Bertz CT molecular complexity index is 1970. The van der Waals surface area contributed by atoms with E-state index in [1.54, 1.807) is 27.0 Å². The number of aromatic amines is 1. The van der Waals surface area contributed by atoms with Gasteiger partial charge in [0.15, 0.2) is 5.78 Å². The second kappa shape index (κ2) is 23.3. The first-order valence-electron chi connectivity index (χ1n) is 21.1. The predicted molar refractivity (Wildman–Crippen MR) is 235 cm³/mol. The summed E-state index contributed by atoms with van der Waals surface area (Å²) in [5.41, 5.74) is 2.16. The molecule has 1 radical (unpaired) electrons. The molecule has 0 unspecified atom stereocenters. The van der Waals surface area contributed by atoms with Gasteiger partial charge >= 0.3 is 6.09 Å². The van der Waals surface area contributed by atoms with Gasteiger partial charge in [-0.2, -0.15) is 0 Å². The SMILES string of the molecule is CC(C)C[C@H](NC(=O)C[C@H](O)[C@H](CC(C)C)NC(=O)[C@H](Cc1c[nH]cn1)NC(=O)[C@H](Cc1ccccc1)NC(=O)OC(C)(C)C)C(=O)[C](Cc1ccccc1)c1ccccc1. The highest BCUT2D eigenvalue weighted by atomic mass is 16.6. The summed E-state index contributed by atoms with van der Waals surface area (Å²) in [7, 11) is 0. The Morgan fingerprint density at radius 3 is 1.80 bits per heavy atom. The minimum Gasteiger partial charge on any atom is -0.444 e. The zero-order valence-electron chi connectivity index (χ0n) is 36.4. The van der Waals surface area contributed by atoms with E-state index in [0.29, 0.717) is 30.9 Å². The normalized spacial score (nSPS) is 14.1. The smallest absolute Gasteiger partial charge is 0.408 e. The number of H-pyrrole nitrogens is 1. The number of carbonyl (C=O) groups is 5. The summed E-state index contributed by atoms with van der Waals surface area (Å²) in [4.78, 5) is 76.3. The molecule has 3 aromatic carbocycles. The number of nitrogens with zero attached hydrogens (tertiary/aromatic N) is 1. The molecule has 6 N–H and O–H groups in total. The number of rotatable bonds is 22. The molecule has 4 aromatic rings. The lowest BCUT2D eigenvalue weighted by Gasteiger charge is -2.29. The highest BCUT2D eigenvalue weighted by molar-refractivity contribution is 6.02. The van der Waals surface area contributed by atoms with Gasteiger partial charge in [-0.15, -0.1) is 0 Å². The van der Waals surface area contributed by atoms with E-state index in [2.05, 4.69) is 31.2 Å². The standard InChI is InChI=1S/C48H63N6O7/c1-31(2)23-38(42(55)28-43(56)51-39(24-32(3)4)44(57)37(35-21-15-10-16-22-35)25-33-17-11-8-12-18-33)52-46(59)41(27-36-29-49-30-50-36)53-45(58)40(26-34-19-13-9-14-20-34)54-47(60)61-48(5,6)7/h8-22,29-32,38-42,55H,23-28H2,1-7H3,(H,49,50)(H,51,56)(H,52,59)(H,53,58)(H,54,60)/t38-,39-,40-,41-,42-/m0/s1. The fraction of sp³-hybridized carbons (Fsp3) is 0.438. The average Bonchev–Trinajstić information content (AvgIpc) is 3.72. The van der Waals surface area contributed by atoms with Crippen molar-refractivity contribution in [2.24, 2.45) is 11.8 Å². The number of alkyl carbamates (subject to hydrolysis) is 1. The van der Waals surface area contributed by atoms with Gasteiger partial charge < -0.3 is 36.1 Å². The number of amides is 4. The Balaban J connectivity index is 1.52. The maximum absolute atomic E-state index is 14.4. The van der Waals surface area contributed by atoms with Gasteiger partial charge in [0.25, 0.3) is 0 Å². The van der Waals surface area contributed by atoms with Gasteiger partial charge in [0.2, 0.25) is 17.7 Å². The summed E-state index contributed by atoms with van der Waals surface area (Å²) in [6.45, 7) is 12.9. The number of hydrogen-bond donors (Lipinski definition) is 6. The molecule has 13 heteroatoms. The number of carbonyl (C=O) groups excluding carboxylic acids is 5. The molecule has 0 fully saturated rings. The van der Waals surface area contributed by atoms with Crippen LogP contribution in [0.2, 0.25) is 0 Å². The van der Waals surface area contributed by atoms with Crippen LogP contribution in [0.3, 0.4) is 0 Å². The topological polar surface area (TPSA) is 192 Å². The minimum absolute atomic E-state index is 0.00745. The third kappa shape index (κ3) is 16.6. The van der Waals surface area contributed by atoms with E-state index in [9.17, 15) is 29.1 Å². The maximum atomic E-state index is 14.4. The number of ether oxygens (including phenoxy) is 1. The summed E-state index contributed by atoms with van der Waals surface area (Å²) >= 11 is 0. The Hall–Kier alpha value is -5.82. The van der Waals surface area contributed by atoms with E-state index in [1.807, 2.05) is 119 Å². The summed E-state index contributed by atoms with van der Waals surface area (Å²) in [5, 5.41) is 22.9. The zero-order chi connectivity index (χ0) is 44.5. The first-order valence-corrected chi connectivity index (χ1v) is 21.1. The molecule has 327 valence electrons. The van der Waals surface area contributed by atoms with Gasteiger partial charge in [-0.3, -0.25) is 19.2 Å². The number of Topliss-reactive ketones (excluding diaryl/α,β-unsaturated/α-hetero) is 1. The Kier molecular flexibility index (Phi) is 18.2.